The number of unbranched alkanes of at least 4 members (excludes halogenated alkanes) is 1. The van der Waals surface area contributed by atoms with Gasteiger partial charge in [0.05, 0.1) is 18.9 Å². The van der Waals surface area contributed by atoms with Crippen LogP contribution in [0, 0.1) is 11.8 Å². The number of aromatic nitrogens is 2. The maximum atomic E-state index is 4.48. The Morgan fingerprint density at radius 1 is 1.41 bits per heavy atom. The molecule has 0 saturated carbocycles. The van der Waals surface area contributed by atoms with Crippen molar-refractivity contribution >= 4 is 11.9 Å². The lowest BCUT2D eigenvalue weighted by Gasteiger charge is -2.01. The summed E-state index contributed by atoms with van der Waals surface area (Å²) in [5.41, 5.74) is 4.28. The third-order valence-corrected chi connectivity index (χ3v) is 3.64. The molecule has 0 unspecified atom stereocenters. The number of rotatable bonds is 4. The number of aliphatic imine (C=N–C) groups is 1. The van der Waals surface area contributed by atoms with Crippen molar-refractivity contribution in [2.24, 2.45) is 12.0 Å². The molecule has 0 amide bonds. The van der Waals surface area contributed by atoms with Gasteiger partial charge in [-0.05, 0) is 38.7 Å². The van der Waals surface area contributed by atoms with Crippen LogP contribution < -0.4 is 4.57 Å². The highest BCUT2D eigenvalue weighted by Crippen LogP contribution is 2.13. The van der Waals surface area contributed by atoms with Crippen LogP contribution in [-0.2, 0) is 7.05 Å². The van der Waals surface area contributed by atoms with Gasteiger partial charge in [0.25, 0.3) is 5.65 Å². The van der Waals surface area contributed by atoms with Gasteiger partial charge in [-0.1, -0.05) is 25.3 Å². The first-order chi connectivity index (χ1) is 10.7. The summed E-state index contributed by atoms with van der Waals surface area (Å²) >= 11 is 0. The number of fused-ring (bicyclic) bond motifs is 1. The quantitative estimate of drug-likeness (QED) is 0.466. The zero-order chi connectivity index (χ0) is 15.9. The van der Waals surface area contributed by atoms with E-state index in [1.165, 1.54) is 6.42 Å². The molecule has 22 heavy (non-hydrogen) atoms. The van der Waals surface area contributed by atoms with E-state index in [1.54, 1.807) is 0 Å². The summed E-state index contributed by atoms with van der Waals surface area (Å²) in [6, 6.07) is 6.15. The van der Waals surface area contributed by atoms with Crippen molar-refractivity contribution in [2.75, 3.05) is 0 Å². The van der Waals surface area contributed by atoms with Gasteiger partial charge in [-0.2, -0.15) is 4.40 Å². The predicted molar refractivity (Wildman–Crippen MR) is 91.8 cm³/mol. The summed E-state index contributed by atoms with van der Waals surface area (Å²) in [4.78, 5) is 4.48. The molecule has 114 valence electrons. The standard InChI is InChI=1S/C19H24N3/c1-5-7-10-18(20-6-2)16(3)12-13-17-15-21(4)19-11-8-9-14-22(17)19/h6,8-9,11,14-15H,5,7,10H2,1-4H3/q+1. The van der Waals surface area contributed by atoms with Crippen molar-refractivity contribution in [3.63, 3.8) is 0 Å². The number of pyridine rings is 1. The van der Waals surface area contributed by atoms with Gasteiger partial charge in [0.1, 0.15) is 6.20 Å². The lowest BCUT2D eigenvalue weighted by atomic mass is 10.1. The first kappa shape index (κ1) is 16.0. The summed E-state index contributed by atoms with van der Waals surface area (Å²) in [6.45, 7) is 6.20. The molecule has 0 saturated heterocycles. The SMILES string of the molecule is CC=NC(CCCC)=C(C)C#Cc1c[n+](C)c2ccccn12. The minimum Gasteiger partial charge on any atom is -0.265 e. The fourth-order valence-corrected chi connectivity index (χ4v) is 2.41. The Morgan fingerprint density at radius 2 is 2.23 bits per heavy atom. The lowest BCUT2D eigenvalue weighted by Crippen LogP contribution is -2.25. The fraction of sp³-hybridized carbons (Fsp3) is 0.368. The Labute approximate surface area is 133 Å². The molecular weight excluding hydrogens is 270 g/mol. The minimum absolute atomic E-state index is 0.990. The highest BCUT2D eigenvalue weighted by Gasteiger charge is 2.10. The normalized spacial score (nSPS) is 12.4. The molecule has 0 fully saturated rings. The van der Waals surface area contributed by atoms with Gasteiger partial charge in [0, 0.05) is 17.9 Å². The molecule has 0 N–H and O–H groups in total. The van der Waals surface area contributed by atoms with E-state index in [4.69, 9.17) is 0 Å². The molecule has 0 aliphatic carbocycles. The van der Waals surface area contributed by atoms with E-state index in [0.29, 0.717) is 0 Å². The van der Waals surface area contributed by atoms with Crippen LogP contribution in [0.25, 0.3) is 5.65 Å². The second-order valence-corrected chi connectivity index (χ2v) is 5.37. The maximum absolute atomic E-state index is 4.48. The average molecular weight is 294 g/mol. The lowest BCUT2D eigenvalue weighted by molar-refractivity contribution is -0.644. The van der Waals surface area contributed by atoms with Gasteiger partial charge < -0.3 is 0 Å². The zero-order valence-electron chi connectivity index (χ0n) is 13.9. The monoisotopic (exact) mass is 294 g/mol. The molecule has 3 nitrogen and oxygen atoms in total. The van der Waals surface area contributed by atoms with Crippen molar-refractivity contribution in [3.05, 3.63) is 47.6 Å². The van der Waals surface area contributed by atoms with Gasteiger partial charge >= 0.3 is 0 Å². The van der Waals surface area contributed by atoms with E-state index in [9.17, 15) is 0 Å². The molecule has 0 aliphatic heterocycles. The van der Waals surface area contributed by atoms with E-state index in [0.717, 1.165) is 35.5 Å². The Hall–Kier alpha value is -2.34. The third kappa shape index (κ3) is 3.65. The van der Waals surface area contributed by atoms with E-state index in [-0.39, 0.29) is 0 Å². The van der Waals surface area contributed by atoms with Gasteiger partial charge in [-0.25, -0.2) is 4.57 Å². The molecule has 0 spiro atoms. The van der Waals surface area contributed by atoms with Crippen LogP contribution in [0.5, 0.6) is 0 Å². The summed E-state index contributed by atoms with van der Waals surface area (Å²) < 4.78 is 4.19. The molecule has 0 radical (unpaired) electrons. The maximum Gasteiger partial charge on any atom is 0.286 e. The molecule has 0 aliphatic rings. The molecule has 0 atom stereocenters. The minimum atomic E-state index is 0.990. The molecule has 0 aromatic carbocycles. The Morgan fingerprint density at radius 3 is 2.95 bits per heavy atom. The van der Waals surface area contributed by atoms with Crippen molar-refractivity contribution < 1.29 is 4.57 Å². The van der Waals surface area contributed by atoms with Crippen LogP contribution in [0.3, 0.4) is 0 Å². The Balaban J connectivity index is 2.38. The molecule has 3 heteroatoms. The van der Waals surface area contributed by atoms with Gasteiger partial charge in [-0.15, -0.1) is 0 Å². The molecule has 0 bridgehead atoms. The zero-order valence-corrected chi connectivity index (χ0v) is 13.9. The van der Waals surface area contributed by atoms with Crippen molar-refractivity contribution in [3.8, 4) is 11.8 Å². The van der Waals surface area contributed by atoms with Crippen molar-refractivity contribution in [1.29, 1.82) is 0 Å². The summed E-state index contributed by atoms with van der Waals surface area (Å²) in [7, 11) is 2.04. The number of aryl methyl sites for hydroxylation is 1. The van der Waals surface area contributed by atoms with Crippen LogP contribution in [0.2, 0.25) is 0 Å². The van der Waals surface area contributed by atoms with E-state index in [1.807, 2.05) is 38.5 Å². The second kappa shape index (κ2) is 7.61. The van der Waals surface area contributed by atoms with Crippen LogP contribution in [0.15, 0.2) is 46.9 Å². The summed E-state index contributed by atoms with van der Waals surface area (Å²) in [6.07, 6.45) is 9.26. The van der Waals surface area contributed by atoms with Crippen LogP contribution >= 0.6 is 0 Å². The predicted octanol–water partition coefficient (Wildman–Crippen LogP) is 3.67. The van der Waals surface area contributed by atoms with Gasteiger partial charge in [-0.3, -0.25) is 4.99 Å². The first-order valence-electron chi connectivity index (χ1n) is 7.83. The highest BCUT2D eigenvalue weighted by atomic mass is 15.1. The average Bonchev–Trinajstić information content (AvgIpc) is 2.86. The van der Waals surface area contributed by atoms with E-state index in [2.05, 4.69) is 51.9 Å². The molecule has 2 aromatic heterocycles. The fourth-order valence-electron chi connectivity index (χ4n) is 2.41. The summed E-state index contributed by atoms with van der Waals surface area (Å²) in [5, 5.41) is 0. The molecule has 2 heterocycles. The summed E-state index contributed by atoms with van der Waals surface area (Å²) in [5.74, 6) is 6.56. The second-order valence-electron chi connectivity index (χ2n) is 5.37. The highest BCUT2D eigenvalue weighted by molar-refractivity contribution is 5.56. The van der Waals surface area contributed by atoms with E-state index >= 15 is 0 Å². The molecule has 2 rings (SSSR count). The number of imidazole rings is 1. The number of hydrogen-bond acceptors (Lipinski definition) is 1. The number of nitrogens with zero attached hydrogens (tertiary/aromatic N) is 3. The Bertz CT molecular complexity index is 767. The van der Waals surface area contributed by atoms with Crippen LogP contribution in [0.1, 0.15) is 45.7 Å². The third-order valence-electron chi connectivity index (χ3n) is 3.64. The van der Waals surface area contributed by atoms with Crippen LogP contribution in [-0.4, -0.2) is 10.6 Å². The topological polar surface area (TPSA) is 20.6 Å². The molecular formula is C19H24N3+. The number of allylic oxidation sites excluding steroid dienone is 2. The molecule has 2 aromatic rings. The number of hydrogen-bond donors (Lipinski definition) is 0. The van der Waals surface area contributed by atoms with Crippen molar-refractivity contribution in [1.82, 2.24) is 4.40 Å². The van der Waals surface area contributed by atoms with Crippen molar-refractivity contribution in [2.45, 2.75) is 40.0 Å². The van der Waals surface area contributed by atoms with Gasteiger partial charge in [0.15, 0.2) is 0 Å². The van der Waals surface area contributed by atoms with Gasteiger partial charge in [0.2, 0.25) is 5.69 Å². The Kier molecular flexibility index (Phi) is 5.55. The smallest absolute Gasteiger partial charge is 0.265 e. The van der Waals surface area contributed by atoms with E-state index < -0.39 is 0 Å². The van der Waals surface area contributed by atoms with Crippen LogP contribution in [0.4, 0.5) is 0 Å². The first-order valence-corrected chi connectivity index (χ1v) is 7.83. The largest absolute Gasteiger partial charge is 0.286 e.